The van der Waals surface area contributed by atoms with Gasteiger partial charge in [0.15, 0.2) is 5.78 Å². The van der Waals surface area contributed by atoms with Gasteiger partial charge in [-0.2, -0.15) is 0 Å². The normalized spacial score (nSPS) is 23.6. The lowest BCUT2D eigenvalue weighted by Crippen LogP contribution is -2.28. The Kier molecular flexibility index (Phi) is 4.06. The smallest absolute Gasteiger partial charge is 0.307 e. The van der Waals surface area contributed by atoms with E-state index in [-0.39, 0.29) is 30.8 Å². The van der Waals surface area contributed by atoms with Crippen LogP contribution in [0.3, 0.4) is 0 Å². The Morgan fingerprint density at radius 3 is 3.18 bits per heavy atom. The summed E-state index contributed by atoms with van der Waals surface area (Å²) in [6.07, 6.45) is 5.94. The molecule has 1 N–H and O–H groups in total. The summed E-state index contributed by atoms with van der Waals surface area (Å²) in [5.74, 6) is -0.293. The number of hydrogen-bond donors (Lipinski definition) is 1. The summed E-state index contributed by atoms with van der Waals surface area (Å²) in [5.41, 5.74) is 0.552. The van der Waals surface area contributed by atoms with Crippen LogP contribution in [0.4, 0.5) is 0 Å². The Morgan fingerprint density at radius 1 is 1.59 bits per heavy atom. The maximum atomic E-state index is 11.5. The molecular formula is C12H15NO4. The van der Waals surface area contributed by atoms with Crippen LogP contribution in [-0.2, 0) is 19.1 Å². The standard InChI is InChI=1S/C12H15NO4/c14-11-4-2-1-3-9(11)6-17-12(15)5-10-7-16-8-13-10/h1-3,10,13H,4-8H2. The SMILES string of the molecule is O=C(CC1COCN1)OCC1=CC=CCC1=O. The summed E-state index contributed by atoms with van der Waals surface area (Å²) >= 11 is 0. The maximum Gasteiger partial charge on any atom is 0.307 e. The molecule has 0 saturated carbocycles. The zero-order valence-corrected chi connectivity index (χ0v) is 9.48. The van der Waals surface area contributed by atoms with E-state index in [1.807, 2.05) is 0 Å². The molecule has 1 fully saturated rings. The van der Waals surface area contributed by atoms with Gasteiger partial charge < -0.3 is 9.47 Å². The van der Waals surface area contributed by atoms with E-state index >= 15 is 0 Å². The molecule has 0 aromatic rings. The first kappa shape index (κ1) is 12.0. The molecule has 0 radical (unpaired) electrons. The number of ketones is 1. The molecule has 0 bridgehead atoms. The average molecular weight is 237 g/mol. The van der Waals surface area contributed by atoms with Crippen LogP contribution in [0.1, 0.15) is 12.8 Å². The highest BCUT2D eigenvalue weighted by Crippen LogP contribution is 2.09. The molecular weight excluding hydrogens is 222 g/mol. The molecule has 1 aliphatic carbocycles. The molecule has 17 heavy (non-hydrogen) atoms. The molecule has 2 aliphatic rings. The number of allylic oxidation sites excluding steroid dienone is 3. The Labute approximate surface area is 99.5 Å². The van der Waals surface area contributed by atoms with E-state index in [1.165, 1.54) is 0 Å². The van der Waals surface area contributed by atoms with Crippen LogP contribution < -0.4 is 5.32 Å². The summed E-state index contributed by atoms with van der Waals surface area (Å²) < 4.78 is 10.1. The van der Waals surface area contributed by atoms with Crippen LogP contribution in [-0.4, -0.2) is 37.7 Å². The van der Waals surface area contributed by atoms with Gasteiger partial charge in [0.2, 0.25) is 0 Å². The lowest BCUT2D eigenvalue weighted by Gasteiger charge is -2.11. The molecule has 92 valence electrons. The van der Waals surface area contributed by atoms with Crippen LogP contribution in [0.15, 0.2) is 23.8 Å². The van der Waals surface area contributed by atoms with E-state index in [9.17, 15) is 9.59 Å². The number of rotatable bonds is 4. The van der Waals surface area contributed by atoms with Gasteiger partial charge in [0.05, 0.1) is 19.8 Å². The largest absolute Gasteiger partial charge is 0.461 e. The van der Waals surface area contributed by atoms with Crippen molar-refractivity contribution < 1.29 is 19.1 Å². The lowest BCUT2D eigenvalue weighted by molar-refractivity contribution is -0.143. The van der Waals surface area contributed by atoms with E-state index in [4.69, 9.17) is 9.47 Å². The van der Waals surface area contributed by atoms with Crippen molar-refractivity contribution >= 4 is 11.8 Å². The number of Topliss-reactive ketones (excluding diaryl/α,β-unsaturated/α-hetero) is 1. The molecule has 0 amide bonds. The first-order valence-electron chi connectivity index (χ1n) is 5.61. The third-order valence-corrected chi connectivity index (χ3v) is 2.69. The third kappa shape index (κ3) is 3.51. The van der Waals surface area contributed by atoms with Crippen molar-refractivity contribution in [1.29, 1.82) is 0 Å². The van der Waals surface area contributed by atoms with E-state index in [1.54, 1.807) is 18.2 Å². The molecule has 1 aliphatic heterocycles. The van der Waals surface area contributed by atoms with Gasteiger partial charge in [0.1, 0.15) is 6.61 Å². The van der Waals surface area contributed by atoms with E-state index < -0.39 is 0 Å². The highest BCUT2D eigenvalue weighted by molar-refractivity contribution is 5.98. The van der Waals surface area contributed by atoms with Crippen LogP contribution in [0.2, 0.25) is 0 Å². The summed E-state index contributed by atoms with van der Waals surface area (Å²) in [7, 11) is 0. The van der Waals surface area contributed by atoms with Crippen molar-refractivity contribution in [3.63, 3.8) is 0 Å². The molecule has 5 heteroatoms. The van der Waals surface area contributed by atoms with Crippen molar-refractivity contribution in [2.24, 2.45) is 0 Å². The summed E-state index contributed by atoms with van der Waals surface area (Å²) in [4.78, 5) is 22.9. The number of carbonyl (C=O) groups is 2. The molecule has 2 rings (SSSR count). The molecule has 0 aromatic heterocycles. The zero-order valence-electron chi connectivity index (χ0n) is 9.48. The molecule has 0 spiro atoms. The van der Waals surface area contributed by atoms with Gasteiger partial charge in [-0.05, 0) is 0 Å². The number of ether oxygens (including phenoxy) is 2. The monoisotopic (exact) mass is 237 g/mol. The molecule has 1 unspecified atom stereocenters. The van der Waals surface area contributed by atoms with Crippen molar-refractivity contribution in [2.75, 3.05) is 19.9 Å². The molecule has 1 atom stereocenters. The fourth-order valence-electron chi connectivity index (χ4n) is 1.70. The van der Waals surface area contributed by atoms with E-state index in [0.29, 0.717) is 25.3 Å². The van der Waals surface area contributed by atoms with Crippen molar-refractivity contribution in [1.82, 2.24) is 5.32 Å². The van der Waals surface area contributed by atoms with Crippen LogP contribution in [0, 0.1) is 0 Å². The average Bonchev–Trinajstić information content (AvgIpc) is 2.81. The first-order valence-corrected chi connectivity index (χ1v) is 5.61. The van der Waals surface area contributed by atoms with Gasteiger partial charge in [-0.25, -0.2) is 0 Å². The van der Waals surface area contributed by atoms with Crippen molar-refractivity contribution in [3.8, 4) is 0 Å². The highest BCUT2D eigenvalue weighted by Gasteiger charge is 2.20. The Balaban J connectivity index is 1.73. The predicted molar refractivity (Wildman–Crippen MR) is 60.2 cm³/mol. The summed E-state index contributed by atoms with van der Waals surface area (Å²) in [6.45, 7) is 1.07. The van der Waals surface area contributed by atoms with Gasteiger partial charge in [-0.1, -0.05) is 18.2 Å². The second kappa shape index (κ2) is 5.75. The van der Waals surface area contributed by atoms with Gasteiger partial charge in [0, 0.05) is 18.0 Å². The Bertz CT molecular complexity index is 367. The minimum atomic E-state index is -0.309. The van der Waals surface area contributed by atoms with Gasteiger partial charge in [0.25, 0.3) is 0 Å². The molecule has 1 heterocycles. The minimum absolute atomic E-state index is 0.0163. The third-order valence-electron chi connectivity index (χ3n) is 2.69. The van der Waals surface area contributed by atoms with Crippen LogP contribution >= 0.6 is 0 Å². The van der Waals surface area contributed by atoms with Gasteiger partial charge >= 0.3 is 5.97 Å². The maximum absolute atomic E-state index is 11.5. The van der Waals surface area contributed by atoms with Gasteiger partial charge in [-0.15, -0.1) is 0 Å². The molecule has 0 aromatic carbocycles. The van der Waals surface area contributed by atoms with Crippen molar-refractivity contribution in [3.05, 3.63) is 23.8 Å². The quantitative estimate of drug-likeness (QED) is 0.713. The number of carbonyl (C=O) groups excluding carboxylic acids is 2. The second-order valence-corrected chi connectivity index (χ2v) is 4.03. The zero-order chi connectivity index (χ0) is 12.1. The van der Waals surface area contributed by atoms with Crippen LogP contribution in [0.25, 0.3) is 0 Å². The fraction of sp³-hybridized carbons (Fsp3) is 0.500. The van der Waals surface area contributed by atoms with Crippen LogP contribution in [0.5, 0.6) is 0 Å². The minimum Gasteiger partial charge on any atom is -0.461 e. The summed E-state index contributed by atoms with van der Waals surface area (Å²) in [5, 5.41) is 3.02. The Morgan fingerprint density at radius 2 is 2.47 bits per heavy atom. The lowest BCUT2D eigenvalue weighted by atomic mass is 10.0. The topological polar surface area (TPSA) is 64.6 Å². The van der Waals surface area contributed by atoms with E-state index in [2.05, 4.69) is 5.32 Å². The van der Waals surface area contributed by atoms with Crippen molar-refractivity contribution in [2.45, 2.75) is 18.9 Å². The van der Waals surface area contributed by atoms with E-state index in [0.717, 1.165) is 0 Å². The molecule has 1 saturated heterocycles. The van der Waals surface area contributed by atoms with Gasteiger partial charge in [-0.3, -0.25) is 14.9 Å². The second-order valence-electron chi connectivity index (χ2n) is 4.03. The fourth-order valence-corrected chi connectivity index (χ4v) is 1.70. The Hall–Kier alpha value is -1.46. The number of hydrogen-bond acceptors (Lipinski definition) is 5. The molecule has 5 nitrogen and oxygen atoms in total. The first-order chi connectivity index (χ1) is 8.25. The number of nitrogens with one attached hydrogen (secondary N) is 1. The summed E-state index contributed by atoms with van der Waals surface area (Å²) in [6, 6.07) is 0.0263. The predicted octanol–water partition coefficient (Wildman–Crippen LogP) is 0.321. The number of esters is 1. The highest BCUT2D eigenvalue weighted by atomic mass is 16.5.